The maximum Gasteiger partial charge on any atom is 0.449 e. The molecule has 100 valence electrons. The molecule has 0 atom stereocenters. The number of rotatable bonds is 1. The number of carbonyl (C=O) groups excluding carboxylic acids is 1. The fourth-order valence-corrected chi connectivity index (χ4v) is 1.83. The van der Waals surface area contributed by atoms with Crippen molar-refractivity contribution in [3.05, 3.63) is 23.7 Å². The van der Waals surface area contributed by atoms with Crippen LogP contribution in [0.15, 0.2) is 16.7 Å². The van der Waals surface area contributed by atoms with E-state index in [4.69, 9.17) is 0 Å². The second-order valence-corrected chi connectivity index (χ2v) is 4.09. The Morgan fingerprint density at radius 3 is 2.78 bits per heavy atom. The van der Waals surface area contributed by atoms with Gasteiger partial charge in [0.05, 0.1) is 5.56 Å². The molecule has 0 unspecified atom stereocenters. The molecule has 7 heteroatoms. The first-order valence-electron chi connectivity index (χ1n) is 5.64. The highest BCUT2D eigenvalue weighted by Crippen LogP contribution is 2.30. The van der Waals surface area contributed by atoms with Crippen LogP contribution in [-0.4, -0.2) is 37.0 Å². The smallest absolute Gasteiger partial charge is 0.449 e. The van der Waals surface area contributed by atoms with Gasteiger partial charge < -0.3 is 14.6 Å². The third-order valence-corrected chi connectivity index (χ3v) is 2.75. The highest BCUT2D eigenvalue weighted by Gasteiger charge is 2.35. The average Bonchev–Trinajstić information content (AvgIpc) is 2.65. The van der Waals surface area contributed by atoms with Crippen molar-refractivity contribution in [1.29, 1.82) is 0 Å². The molecule has 1 aliphatic heterocycles. The number of alkyl halides is 3. The molecule has 2 rings (SSSR count). The molecule has 2 heterocycles. The Hall–Kier alpha value is -1.50. The summed E-state index contributed by atoms with van der Waals surface area (Å²) in [7, 11) is 0. The molecule has 1 amide bonds. The van der Waals surface area contributed by atoms with Gasteiger partial charge in [-0.25, -0.2) is 0 Å². The first-order valence-corrected chi connectivity index (χ1v) is 5.64. The molecule has 0 saturated carbocycles. The van der Waals surface area contributed by atoms with Gasteiger partial charge in [0.1, 0.15) is 6.26 Å². The fraction of sp³-hybridized carbons (Fsp3) is 0.545. The van der Waals surface area contributed by atoms with Crippen LogP contribution >= 0.6 is 0 Å². The van der Waals surface area contributed by atoms with Crippen molar-refractivity contribution in [3.63, 3.8) is 0 Å². The maximum atomic E-state index is 12.3. The topological polar surface area (TPSA) is 45.5 Å². The summed E-state index contributed by atoms with van der Waals surface area (Å²) in [6.45, 7) is 2.49. The van der Waals surface area contributed by atoms with Crippen molar-refractivity contribution in [2.24, 2.45) is 0 Å². The van der Waals surface area contributed by atoms with E-state index in [2.05, 4.69) is 9.73 Å². The van der Waals surface area contributed by atoms with E-state index in [1.807, 2.05) is 0 Å². The van der Waals surface area contributed by atoms with Crippen LogP contribution < -0.4 is 5.32 Å². The Bertz CT molecular complexity index is 420. The molecule has 18 heavy (non-hydrogen) atoms. The molecule has 0 radical (unpaired) electrons. The predicted molar refractivity (Wildman–Crippen MR) is 57.1 cm³/mol. The highest BCUT2D eigenvalue weighted by molar-refractivity contribution is 5.94. The fourth-order valence-electron chi connectivity index (χ4n) is 1.83. The number of hydrogen-bond acceptors (Lipinski definition) is 3. The zero-order chi connectivity index (χ0) is 13.2. The summed E-state index contributed by atoms with van der Waals surface area (Å²) in [5, 5.41) is 3.12. The molecule has 1 fully saturated rings. The molecule has 0 bridgehead atoms. The summed E-state index contributed by atoms with van der Waals surface area (Å²) in [6.07, 6.45) is -2.90. The van der Waals surface area contributed by atoms with Crippen LogP contribution in [0.4, 0.5) is 13.2 Å². The lowest BCUT2D eigenvalue weighted by atomic mass is 10.2. The van der Waals surface area contributed by atoms with Crippen molar-refractivity contribution in [3.8, 4) is 0 Å². The summed E-state index contributed by atoms with van der Waals surface area (Å²) in [5.41, 5.74) is -0.0516. The first kappa shape index (κ1) is 12.9. The predicted octanol–water partition coefficient (Wildman–Crippen LogP) is 1.73. The summed E-state index contributed by atoms with van der Waals surface area (Å²) >= 11 is 0. The molecule has 0 aliphatic carbocycles. The standard InChI is InChI=1S/C11H13F3N2O2/c12-11(13,14)9-6-8(7-18-9)10(17)16-4-1-2-15-3-5-16/h6-7,15H,1-5H2. The molecule has 1 aliphatic rings. The minimum atomic E-state index is -4.56. The minimum absolute atomic E-state index is 0.0516. The second kappa shape index (κ2) is 5.01. The van der Waals surface area contributed by atoms with Crippen LogP contribution in [0.3, 0.4) is 0 Å². The van der Waals surface area contributed by atoms with E-state index in [1.54, 1.807) is 0 Å². The van der Waals surface area contributed by atoms with Crippen molar-refractivity contribution < 1.29 is 22.4 Å². The molecule has 1 saturated heterocycles. The summed E-state index contributed by atoms with van der Waals surface area (Å²) in [6, 6.07) is 0.751. The maximum absolute atomic E-state index is 12.3. The van der Waals surface area contributed by atoms with Gasteiger partial charge in [-0.1, -0.05) is 0 Å². The average molecular weight is 262 g/mol. The summed E-state index contributed by atoms with van der Waals surface area (Å²) < 4.78 is 41.4. The molecular formula is C11H13F3N2O2. The number of nitrogens with zero attached hydrogens (tertiary/aromatic N) is 1. The third kappa shape index (κ3) is 2.84. The SMILES string of the molecule is O=C(c1coc(C(F)(F)F)c1)N1CCCNCC1. The Morgan fingerprint density at radius 1 is 1.33 bits per heavy atom. The number of nitrogens with one attached hydrogen (secondary N) is 1. The van der Waals surface area contributed by atoms with Crippen molar-refractivity contribution in [2.45, 2.75) is 12.6 Å². The van der Waals surface area contributed by atoms with E-state index in [9.17, 15) is 18.0 Å². The van der Waals surface area contributed by atoms with Gasteiger partial charge in [-0.3, -0.25) is 4.79 Å². The summed E-state index contributed by atoms with van der Waals surface area (Å²) in [4.78, 5) is 13.5. The molecule has 1 aromatic heterocycles. The number of halogens is 3. The van der Waals surface area contributed by atoms with E-state index in [1.165, 1.54) is 4.90 Å². The van der Waals surface area contributed by atoms with Gasteiger partial charge in [0.25, 0.3) is 5.91 Å². The quantitative estimate of drug-likeness (QED) is 0.838. The van der Waals surface area contributed by atoms with Crippen molar-refractivity contribution >= 4 is 5.91 Å². The van der Waals surface area contributed by atoms with E-state index in [0.717, 1.165) is 25.3 Å². The Morgan fingerprint density at radius 2 is 2.11 bits per heavy atom. The molecule has 1 aromatic rings. The van der Waals surface area contributed by atoms with Gasteiger partial charge in [0.2, 0.25) is 5.76 Å². The zero-order valence-electron chi connectivity index (χ0n) is 9.59. The molecule has 0 aromatic carbocycles. The van der Waals surface area contributed by atoms with Gasteiger partial charge in [-0.05, 0) is 13.0 Å². The Labute approximate surface area is 102 Å². The van der Waals surface area contributed by atoms with E-state index in [-0.39, 0.29) is 5.56 Å². The normalized spacial score (nSPS) is 17.6. The molecular weight excluding hydrogens is 249 g/mol. The lowest BCUT2D eigenvalue weighted by molar-refractivity contribution is -0.153. The van der Waals surface area contributed by atoms with Gasteiger partial charge in [0.15, 0.2) is 0 Å². The van der Waals surface area contributed by atoms with Crippen molar-refractivity contribution in [2.75, 3.05) is 26.2 Å². The van der Waals surface area contributed by atoms with Crippen LogP contribution in [-0.2, 0) is 6.18 Å². The number of hydrogen-bond donors (Lipinski definition) is 1. The number of furan rings is 1. The molecule has 4 nitrogen and oxygen atoms in total. The van der Waals surface area contributed by atoms with E-state index < -0.39 is 17.8 Å². The number of amides is 1. The van der Waals surface area contributed by atoms with E-state index in [0.29, 0.717) is 19.6 Å². The highest BCUT2D eigenvalue weighted by atomic mass is 19.4. The lowest BCUT2D eigenvalue weighted by Gasteiger charge is -2.18. The van der Waals surface area contributed by atoms with Gasteiger partial charge in [0, 0.05) is 25.7 Å². The zero-order valence-corrected chi connectivity index (χ0v) is 9.59. The largest absolute Gasteiger partial charge is 0.459 e. The molecule has 0 spiro atoms. The Balaban J connectivity index is 2.10. The second-order valence-electron chi connectivity index (χ2n) is 4.09. The Kier molecular flexibility index (Phi) is 3.60. The van der Waals surface area contributed by atoms with Crippen LogP contribution in [0.2, 0.25) is 0 Å². The first-order chi connectivity index (χ1) is 8.48. The third-order valence-electron chi connectivity index (χ3n) is 2.75. The van der Waals surface area contributed by atoms with Gasteiger partial charge >= 0.3 is 6.18 Å². The number of carbonyl (C=O) groups is 1. The summed E-state index contributed by atoms with van der Waals surface area (Å²) in [5.74, 6) is -1.56. The minimum Gasteiger partial charge on any atom is -0.459 e. The molecule has 1 N–H and O–H groups in total. The van der Waals surface area contributed by atoms with Crippen LogP contribution in [0.5, 0.6) is 0 Å². The van der Waals surface area contributed by atoms with Crippen LogP contribution in [0, 0.1) is 0 Å². The monoisotopic (exact) mass is 262 g/mol. The lowest BCUT2D eigenvalue weighted by Crippen LogP contribution is -2.33. The van der Waals surface area contributed by atoms with E-state index >= 15 is 0 Å². The van der Waals surface area contributed by atoms with Crippen molar-refractivity contribution in [1.82, 2.24) is 10.2 Å². The van der Waals surface area contributed by atoms with Crippen LogP contribution in [0.1, 0.15) is 22.5 Å². The van der Waals surface area contributed by atoms with Gasteiger partial charge in [-0.2, -0.15) is 13.2 Å². The van der Waals surface area contributed by atoms with Crippen LogP contribution in [0.25, 0.3) is 0 Å². The van der Waals surface area contributed by atoms with Gasteiger partial charge in [-0.15, -0.1) is 0 Å².